The number of hydrogen-bond donors (Lipinski definition) is 2. The molecule has 2 aromatic rings. The number of carbonyl (C=O) groups is 1. The van der Waals surface area contributed by atoms with Gasteiger partial charge in [-0.1, -0.05) is 28.9 Å². The van der Waals surface area contributed by atoms with E-state index in [1.54, 1.807) is 23.9 Å². The van der Waals surface area contributed by atoms with Gasteiger partial charge in [0, 0.05) is 14.9 Å². The van der Waals surface area contributed by atoms with Gasteiger partial charge in [0.15, 0.2) is 5.78 Å². The molecule has 2 fully saturated rings. The molecular formula is C24H25BrO3S. The third-order valence-corrected chi connectivity index (χ3v) is 9.52. The zero-order chi connectivity index (χ0) is 20.3. The summed E-state index contributed by atoms with van der Waals surface area (Å²) in [5.74, 6) is 1.13. The van der Waals surface area contributed by atoms with Crippen LogP contribution < -0.4 is 0 Å². The highest BCUT2D eigenvalue weighted by atomic mass is 79.9. The number of aliphatic hydroxyl groups is 1. The van der Waals surface area contributed by atoms with Crippen molar-refractivity contribution in [3.63, 3.8) is 0 Å². The van der Waals surface area contributed by atoms with E-state index in [9.17, 15) is 15.0 Å². The summed E-state index contributed by atoms with van der Waals surface area (Å²) in [4.78, 5) is 14.7. The summed E-state index contributed by atoms with van der Waals surface area (Å²) in [5, 5.41) is 20.6. The van der Waals surface area contributed by atoms with Crippen molar-refractivity contribution in [2.45, 2.75) is 54.8 Å². The van der Waals surface area contributed by atoms with Gasteiger partial charge in [-0.3, -0.25) is 4.79 Å². The second-order valence-corrected chi connectivity index (χ2v) is 11.2. The van der Waals surface area contributed by atoms with E-state index < -0.39 is 0 Å². The van der Waals surface area contributed by atoms with Crippen LogP contribution in [0.1, 0.15) is 54.4 Å². The Labute approximate surface area is 184 Å². The molecule has 2 aromatic carbocycles. The van der Waals surface area contributed by atoms with Crippen LogP contribution >= 0.6 is 27.7 Å². The Hall–Kier alpha value is -1.30. The Bertz CT molecular complexity index is 959. The highest BCUT2D eigenvalue weighted by molar-refractivity contribution is 9.10. The lowest BCUT2D eigenvalue weighted by Gasteiger charge is -2.52. The van der Waals surface area contributed by atoms with Gasteiger partial charge in [-0.15, -0.1) is 11.8 Å². The van der Waals surface area contributed by atoms with Crippen LogP contribution in [0.2, 0.25) is 0 Å². The number of ketones is 1. The van der Waals surface area contributed by atoms with E-state index in [1.807, 2.05) is 18.2 Å². The van der Waals surface area contributed by atoms with Crippen molar-refractivity contribution in [2.75, 3.05) is 0 Å². The fourth-order valence-electron chi connectivity index (χ4n) is 6.15. The summed E-state index contributed by atoms with van der Waals surface area (Å²) < 4.78 is 1.02. The number of rotatable bonds is 2. The van der Waals surface area contributed by atoms with Crippen molar-refractivity contribution in [1.82, 2.24) is 0 Å². The number of thioether (sulfide) groups is 1. The van der Waals surface area contributed by atoms with Crippen LogP contribution in [0.5, 0.6) is 5.75 Å². The minimum Gasteiger partial charge on any atom is -0.508 e. The highest BCUT2D eigenvalue weighted by Gasteiger charge is 2.58. The van der Waals surface area contributed by atoms with E-state index in [-0.39, 0.29) is 34.2 Å². The summed E-state index contributed by atoms with van der Waals surface area (Å²) in [6.07, 6.45) is 3.51. The van der Waals surface area contributed by atoms with Crippen LogP contribution in [0.4, 0.5) is 0 Å². The fraction of sp³-hybridized carbons (Fsp3) is 0.458. The van der Waals surface area contributed by atoms with Gasteiger partial charge in [-0.25, -0.2) is 0 Å². The number of aromatic hydroxyl groups is 1. The number of hydrogen-bond acceptors (Lipinski definition) is 4. The fourth-order valence-corrected chi connectivity index (χ4v) is 7.77. The Morgan fingerprint density at radius 1 is 1.10 bits per heavy atom. The van der Waals surface area contributed by atoms with Crippen molar-refractivity contribution in [1.29, 1.82) is 0 Å². The average molecular weight is 473 g/mol. The molecule has 3 aliphatic rings. The second-order valence-electron chi connectivity index (χ2n) is 9.06. The van der Waals surface area contributed by atoms with E-state index in [4.69, 9.17) is 0 Å². The number of Topliss-reactive ketones (excluding diaryl/α,β-unsaturated/α-hetero) is 1. The van der Waals surface area contributed by atoms with E-state index in [2.05, 4.69) is 35.0 Å². The van der Waals surface area contributed by atoms with E-state index >= 15 is 0 Å². The van der Waals surface area contributed by atoms with Gasteiger partial charge < -0.3 is 10.2 Å². The van der Waals surface area contributed by atoms with Crippen molar-refractivity contribution in [2.24, 2.45) is 17.3 Å². The maximum absolute atomic E-state index is 13.7. The SMILES string of the molecule is C[C@]12CCC3c4ccc(O)cc4C(=O)C(Sc4ccc(Br)cc4)C3C1CCC2O. The quantitative estimate of drug-likeness (QED) is 0.581. The normalized spacial score (nSPS) is 35.7. The maximum Gasteiger partial charge on any atom is 0.176 e. The van der Waals surface area contributed by atoms with Gasteiger partial charge in [-0.05, 0) is 90.8 Å². The smallest absolute Gasteiger partial charge is 0.176 e. The molecule has 2 saturated carbocycles. The molecule has 5 heteroatoms. The van der Waals surface area contributed by atoms with E-state index in [0.717, 1.165) is 40.6 Å². The lowest BCUT2D eigenvalue weighted by atomic mass is 9.55. The summed E-state index contributed by atoms with van der Waals surface area (Å²) in [6, 6.07) is 13.5. The predicted octanol–water partition coefficient (Wildman–Crippen LogP) is 5.78. The lowest BCUT2D eigenvalue weighted by Crippen LogP contribution is -2.50. The lowest BCUT2D eigenvalue weighted by molar-refractivity contribution is -0.0193. The Balaban J connectivity index is 1.61. The monoisotopic (exact) mass is 472 g/mol. The number of phenols is 1. The minimum atomic E-state index is -0.275. The van der Waals surface area contributed by atoms with Crippen LogP contribution in [-0.4, -0.2) is 27.4 Å². The highest BCUT2D eigenvalue weighted by Crippen LogP contribution is 2.62. The number of benzene rings is 2. The van der Waals surface area contributed by atoms with Crippen LogP contribution in [0.3, 0.4) is 0 Å². The van der Waals surface area contributed by atoms with E-state index in [0.29, 0.717) is 17.4 Å². The van der Waals surface area contributed by atoms with Gasteiger partial charge in [0.25, 0.3) is 0 Å². The summed E-state index contributed by atoms with van der Waals surface area (Å²) in [6.45, 7) is 2.23. The molecular weight excluding hydrogens is 448 g/mol. The van der Waals surface area contributed by atoms with Gasteiger partial charge in [0.2, 0.25) is 0 Å². The molecule has 3 aliphatic carbocycles. The van der Waals surface area contributed by atoms with Crippen LogP contribution in [0.15, 0.2) is 51.8 Å². The largest absolute Gasteiger partial charge is 0.508 e. The van der Waals surface area contributed by atoms with Crippen molar-refractivity contribution >= 4 is 33.5 Å². The number of aliphatic hydroxyl groups excluding tert-OH is 1. The van der Waals surface area contributed by atoms with Crippen LogP contribution in [-0.2, 0) is 0 Å². The Kier molecular flexibility index (Phi) is 4.84. The minimum absolute atomic E-state index is 0.103. The first-order valence-electron chi connectivity index (χ1n) is 10.4. The zero-order valence-electron chi connectivity index (χ0n) is 16.3. The maximum atomic E-state index is 13.7. The zero-order valence-corrected chi connectivity index (χ0v) is 18.7. The number of fused-ring (bicyclic) bond motifs is 5. The molecule has 0 spiro atoms. The molecule has 3 nitrogen and oxygen atoms in total. The molecule has 6 atom stereocenters. The second kappa shape index (κ2) is 7.14. The number of halogens is 1. The Morgan fingerprint density at radius 2 is 1.86 bits per heavy atom. The summed E-state index contributed by atoms with van der Waals surface area (Å²) >= 11 is 5.14. The van der Waals surface area contributed by atoms with Gasteiger partial charge in [0.1, 0.15) is 5.75 Å². The first kappa shape index (κ1) is 19.7. The van der Waals surface area contributed by atoms with Gasteiger partial charge in [0.05, 0.1) is 11.4 Å². The van der Waals surface area contributed by atoms with Crippen molar-refractivity contribution in [3.05, 3.63) is 58.1 Å². The van der Waals surface area contributed by atoms with Gasteiger partial charge in [-0.2, -0.15) is 0 Å². The number of phenolic OH excluding ortho intramolecular Hbond substituents is 1. The molecule has 0 amide bonds. The summed E-state index contributed by atoms with van der Waals surface area (Å²) in [5.41, 5.74) is 1.67. The molecule has 0 aromatic heterocycles. The van der Waals surface area contributed by atoms with Crippen molar-refractivity contribution < 1.29 is 15.0 Å². The summed E-state index contributed by atoms with van der Waals surface area (Å²) in [7, 11) is 0. The van der Waals surface area contributed by atoms with Crippen molar-refractivity contribution in [3.8, 4) is 5.75 Å². The van der Waals surface area contributed by atoms with E-state index in [1.165, 1.54) is 0 Å². The van der Waals surface area contributed by atoms with Crippen LogP contribution in [0, 0.1) is 17.3 Å². The number of carbonyl (C=O) groups excluding carboxylic acids is 1. The average Bonchev–Trinajstić information content (AvgIpc) is 3.01. The topological polar surface area (TPSA) is 57.5 Å². The molecule has 0 saturated heterocycles. The molecule has 29 heavy (non-hydrogen) atoms. The van der Waals surface area contributed by atoms with Crippen LogP contribution in [0.25, 0.3) is 0 Å². The molecule has 152 valence electrons. The molecule has 0 heterocycles. The molecule has 5 unspecified atom stereocenters. The molecule has 5 rings (SSSR count). The third-order valence-electron chi connectivity index (χ3n) is 7.67. The molecule has 2 N–H and O–H groups in total. The third kappa shape index (κ3) is 3.08. The Morgan fingerprint density at radius 3 is 2.62 bits per heavy atom. The first-order chi connectivity index (χ1) is 13.9. The first-order valence-corrected chi connectivity index (χ1v) is 12.0. The van der Waals surface area contributed by atoms with Gasteiger partial charge >= 0.3 is 0 Å². The standard InChI is InChI=1S/C24H25BrO3S/c1-24-11-10-17-16-7-4-14(26)12-18(16)22(28)23(21(17)19(24)8-9-20(24)27)29-15-5-2-13(25)3-6-15/h2-7,12,17,19-21,23,26-27H,8-11H2,1H3/t17?,19?,20?,21?,23?,24-/m0/s1. The predicted molar refractivity (Wildman–Crippen MR) is 119 cm³/mol. The molecule has 0 radical (unpaired) electrons. The molecule has 0 aliphatic heterocycles. The molecule has 0 bridgehead atoms.